The molecule has 0 bridgehead atoms. The maximum absolute atomic E-state index is 13.2. The fraction of sp³-hybridized carbons (Fsp3) is 0.350. The highest BCUT2D eigenvalue weighted by Gasteiger charge is 2.44. The van der Waals surface area contributed by atoms with Crippen LogP contribution in [0.15, 0.2) is 42.5 Å². The molecule has 3 atom stereocenters. The van der Waals surface area contributed by atoms with Gasteiger partial charge in [0.2, 0.25) is 5.91 Å². The minimum atomic E-state index is -0.257. The monoisotopic (exact) mass is 340 g/mol. The van der Waals surface area contributed by atoms with Crippen molar-refractivity contribution in [1.82, 2.24) is 4.90 Å². The molecular weight excluding hydrogens is 319 g/mol. The van der Waals surface area contributed by atoms with E-state index in [1.165, 1.54) is 12.1 Å². The Morgan fingerprint density at radius 3 is 2.64 bits per heavy atom. The van der Waals surface area contributed by atoms with Crippen molar-refractivity contribution in [3.63, 3.8) is 0 Å². The number of fused-ring (bicyclic) bond motifs is 3. The van der Waals surface area contributed by atoms with Gasteiger partial charge >= 0.3 is 0 Å². The third-order valence-corrected chi connectivity index (χ3v) is 5.45. The van der Waals surface area contributed by atoms with Crippen molar-refractivity contribution in [2.45, 2.75) is 25.4 Å². The zero-order valence-corrected chi connectivity index (χ0v) is 14.1. The number of hydrogen-bond donors (Lipinski definition) is 2. The van der Waals surface area contributed by atoms with Gasteiger partial charge in [-0.05, 0) is 47.4 Å². The van der Waals surface area contributed by atoms with Gasteiger partial charge in [0, 0.05) is 25.1 Å². The highest BCUT2D eigenvalue weighted by atomic mass is 19.1. The first-order valence-electron chi connectivity index (χ1n) is 8.63. The van der Waals surface area contributed by atoms with Crippen molar-refractivity contribution in [1.29, 1.82) is 0 Å². The van der Waals surface area contributed by atoms with E-state index in [1.54, 1.807) is 19.1 Å². The lowest BCUT2D eigenvalue weighted by Gasteiger charge is -2.39. The van der Waals surface area contributed by atoms with Gasteiger partial charge in [0.25, 0.3) is 0 Å². The van der Waals surface area contributed by atoms with Crippen molar-refractivity contribution in [2.24, 2.45) is 5.92 Å². The quantitative estimate of drug-likeness (QED) is 0.883. The van der Waals surface area contributed by atoms with Crippen molar-refractivity contribution < 1.29 is 14.3 Å². The van der Waals surface area contributed by atoms with Crippen LogP contribution in [-0.4, -0.2) is 35.1 Å². The molecule has 0 radical (unpaired) electrons. The van der Waals surface area contributed by atoms with E-state index in [0.29, 0.717) is 6.54 Å². The normalized spacial score (nSPS) is 24.4. The van der Waals surface area contributed by atoms with E-state index in [1.807, 2.05) is 17.0 Å². The van der Waals surface area contributed by atoms with Gasteiger partial charge < -0.3 is 15.3 Å². The van der Waals surface area contributed by atoms with Gasteiger partial charge in [0.05, 0.1) is 18.7 Å². The number of carbonyl (C=O) groups is 1. The molecule has 0 spiro atoms. The fourth-order valence-electron chi connectivity index (χ4n) is 4.24. The minimum Gasteiger partial charge on any atom is -0.394 e. The second kappa shape index (κ2) is 6.15. The second-order valence-electron chi connectivity index (χ2n) is 6.85. The van der Waals surface area contributed by atoms with Crippen LogP contribution in [0.2, 0.25) is 0 Å². The summed E-state index contributed by atoms with van der Waals surface area (Å²) in [4.78, 5) is 14.0. The van der Waals surface area contributed by atoms with Crippen molar-refractivity contribution in [3.8, 4) is 11.1 Å². The van der Waals surface area contributed by atoms with Gasteiger partial charge in [-0.2, -0.15) is 0 Å². The average molecular weight is 340 g/mol. The molecule has 0 aliphatic carbocycles. The third-order valence-electron chi connectivity index (χ3n) is 5.45. The topological polar surface area (TPSA) is 52.6 Å². The van der Waals surface area contributed by atoms with Gasteiger partial charge in [0.15, 0.2) is 0 Å². The van der Waals surface area contributed by atoms with E-state index in [4.69, 9.17) is 0 Å². The molecule has 5 heteroatoms. The Hall–Kier alpha value is -2.40. The molecule has 0 unspecified atom stereocenters. The summed E-state index contributed by atoms with van der Waals surface area (Å²) in [5, 5.41) is 13.2. The number of anilines is 1. The number of rotatable bonds is 2. The van der Waals surface area contributed by atoms with Crippen molar-refractivity contribution in [2.75, 3.05) is 18.5 Å². The van der Waals surface area contributed by atoms with E-state index < -0.39 is 0 Å². The number of amides is 1. The molecule has 4 nitrogen and oxygen atoms in total. The SMILES string of the molecule is CC(=O)N1CC[C@H]2[C@H](CO)Nc3ccc(-c4ccc(F)cc4)cc3[C@H]21. The molecule has 0 aromatic heterocycles. The van der Waals surface area contributed by atoms with Crippen LogP contribution in [0, 0.1) is 11.7 Å². The molecule has 2 aromatic rings. The number of nitrogens with zero attached hydrogens (tertiary/aromatic N) is 1. The lowest BCUT2D eigenvalue weighted by molar-refractivity contribution is -0.130. The van der Waals surface area contributed by atoms with Crippen molar-refractivity contribution in [3.05, 3.63) is 53.8 Å². The fourth-order valence-corrected chi connectivity index (χ4v) is 4.24. The number of aliphatic hydroxyl groups is 1. The van der Waals surface area contributed by atoms with Crippen molar-refractivity contribution >= 4 is 11.6 Å². The minimum absolute atomic E-state index is 0.0219. The van der Waals surface area contributed by atoms with Crippen LogP contribution in [0.5, 0.6) is 0 Å². The van der Waals surface area contributed by atoms with Crippen LogP contribution in [-0.2, 0) is 4.79 Å². The maximum Gasteiger partial charge on any atom is 0.219 e. The Morgan fingerprint density at radius 1 is 1.24 bits per heavy atom. The Morgan fingerprint density at radius 2 is 1.96 bits per heavy atom. The molecule has 2 aliphatic heterocycles. The van der Waals surface area contributed by atoms with E-state index in [9.17, 15) is 14.3 Å². The lowest BCUT2D eigenvalue weighted by Crippen LogP contribution is -2.42. The number of hydrogen-bond acceptors (Lipinski definition) is 3. The van der Waals surface area contributed by atoms with Crippen LogP contribution in [0.25, 0.3) is 11.1 Å². The van der Waals surface area contributed by atoms with Crippen LogP contribution < -0.4 is 5.32 Å². The van der Waals surface area contributed by atoms with Crippen LogP contribution >= 0.6 is 0 Å². The van der Waals surface area contributed by atoms with E-state index in [0.717, 1.165) is 28.8 Å². The predicted octanol–water partition coefficient (Wildman–Crippen LogP) is 3.19. The zero-order valence-electron chi connectivity index (χ0n) is 14.1. The summed E-state index contributed by atoms with van der Waals surface area (Å²) in [6.07, 6.45) is 0.878. The highest BCUT2D eigenvalue weighted by Crippen LogP contribution is 2.47. The summed E-state index contributed by atoms with van der Waals surface area (Å²) in [5.74, 6) is 0.00173. The number of aliphatic hydroxyl groups excluding tert-OH is 1. The zero-order chi connectivity index (χ0) is 17.6. The summed E-state index contributed by atoms with van der Waals surface area (Å²) in [5.41, 5.74) is 3.97. The second-order valence-corrected chi connectivity index (χ2v) is 6.85. The number of carbonyl (C=O) groups excluding carboxylic acids is 1. The van der Waals surface area contributed by atoms with E-state index >= 15 is 0 Å². The van der Waals surface area contributed by atoms with Gasteiger partial charge in [-0.15, -0.1) is 0 Å². The molecule has 1 fully saturated rings. The Bertz CT molecular complexity index is 806. The molecule has 130 valence electrons. The van der Waals surface area contributed by atoms with Gasteiger partial charge in [-0.25, -0.2) is 4.39 Å². The molecule has 1 amide bonds. The lowest BCUT2D eigenvalue weighted by atomic mass is 9.82. The number of likely N-dealkylation sites (tertiary alicyclic amines) is 1. The third kappa shape index (κ3) is 2.68. The van der Waals surface area contributed by atoms with Crippen LogP contribution in [0.4, 0.5) is 10.1 Å². The smallest absolute Gasteiger partial charge is 0.219 e. The van der Waals surface area contributed by atoms with Crippen LogP contribution in [0.3, 0.4) is 0 Å². The summed E-state index contributed by atoms with van der Waals surface area (Å²) < 4.78 is 13.2. The molecule has 4 rings (SSSR count). The Kier molecular flexibility index (Phi) is 3.96. The molecule has 0 saturated carbocycles. The summed E-state index contributed by atoms with van der Waals surface area (Å²) in [6, 6.07) is 12.4. The first-order chi connectivity index (χ1) is 12.1. The average Bonchev–Trinajstić information content (AvgIpc) is 3.07. The first-order valence-corrected chi connectivity index (χ1v) is 8.63. The van der Waals surface area contributed by atoms with Crippen LogP contribution in [0.1, 0.15) is 24.9 Å². The largest absolute Gasteiger partial charge is 0.394 e. The standard InChI is InChI=1S/C20H21FN2O2/c1-12(25)23-9-8-16-19(11-24)22-18-7-4-14(10-17(18)20(16)23)13-2-5-15(21)6-3-13/h2-7,10,16,19-20,22,24H,8-9,11H2,1H3/t16-,19-,20-/m0/s1. The Balaban J connectivity index is 1.79. The molecule has 2 heterocycles. The van der Waals surface area contributed by atoms with E-state index in [2.05, 4.69) is 11.4 Å². The number of nitrogens with one attached hydrogen (secondary N) is 1. The summed E-state index contributed by atoms with van der Waals surface area (Å²) >= 11 is 0. The maximum atomic E-state index is 13.2. The molecule has 2 aliphatic rings. The molecular formula is C20H21FN2O2. The van der Waals surface area contributed by atoms with Gasteiger partial charge in [-0.1, -0.05) is 18.2 Å². The van der Waals surface area contributed by atoms with Gasteiger partial charge in [-0.3, -0.25) is 4.79 Å². The first kappa shape index (κ1) is 16.1. The summed E-state index contributed by atoms with van der Waals surface area (Å²) in [7, 11) is 0. The molecule has 2 N–H and O–H groups in total. The van der Waals surface area contributed by atoms with E-state index in [-0.39, 0.29) is 36.3 Å². The molecule has 1 saturated heterocycles. The molecule has 2 aromatic carbocycles. The Labute approximate surface area is 146 Å². The van der Waals surface area contributed by atoms with Gasteiger partial charge in [0.1, 0.15) is 5.82 Å². The number of benzene rings is 2. The molecule has 25 heavy (non-hydrogen) atoms. The predicted molar refractivity (Wildman–Crippen MR) is 94.6 cm³/mol. The number of halogens is 1. The highest BCUT2D eigenvalue weighted by molar-refractivity contribution is 5.76. The summed E-state index contributed by atoms with van der Waals surface area (Å²) in [6.45, 7) is 2.36.